The summed E-state index contributed by atoms with van der Waals surface area (Å²) in [5, 5.41) is 4.41. The predicted octanol–water partition coefficient (Wildman–Crippen LogP) is 4.02. The summed E-state index contributed by atoms with van der Waals surface area (Å²) >= 11 is 5.90. The fourth-order valence-corrected chi connectivity index (χ4v) is 1.90. The molecule has 0 atom stereocenters. The number of benzene rings is 1. The molecule has 0 fully saturated rings. The first-order valence-electron chi connectivity index (χ1n) is 6.34. The highest BCUT2D eigenvalue weighted by molar-refractivity contribution is 6.31. The largest absolute Gasteiger partial charge is 0.457 e. The second-order valence-electron chi connectivity index (χ2n) is 4.31. The normalized spacial score (nSPS) is 11.3. The maximum atomic E-state index is 11.5. The summed E-state index contributed by atoms with van der Waals surface area (Å²) < 4.78 is 5.57. The van der Waals surface area contributed by atoms with Gasteiger partial charge in [0.05, 0.1) is 0 Å². The van der Waals surface area contributed by atoms with Crippen LogP contribution in [-0.4, -0.2) is 12.5 Å². The first kappa shape index (κ1) is 13.7. The van der Waals surface area contributed by atoms with Gasteiger partial charge < -0.3 is 9.73 Å². The van der Waals surface area contributed by atoms with Crippen LogP contribution in [0.5, 0.6) is 0 Å². The lowest BCUT2D eigenvalue weighted by molar-refractivity contribution is -0.116. The lowest BCUT2D eigenvalue weighted by atomic mass is 10.2. The number of amides is 1. The second-order valence-corrected chi connectivity index (χ2v) is 4.75. The lowest BCUT2D eigenvalue weighted by Crippen LogP contribution is -2.21. The number of halogens is 1. The molecule has 0 saturated heterocycles. The van der Waals surface area contributed by atoms with Crippen LogP contribution in [0.2, 0.25) is 5.02 Å². The zero-order valence-corrected chi connectivity index (χ0v) is 11.5. The topological polar surface area (TPSA) is 42.2 Å². The van der Waals surface area contributed by atoms with Crippen molar-refractivity contribution in [3.05, 3.63) is 41.1 Å². The fourth-order valence-electron chi connectivity index (χ4n) is 1.72. The van der Waals surface area contributed by atoms with E-state index in [-0.39, 0.29) is 5.91 Å². The minimum absolute atomic E-state index is 0.105. The quantitative estimate of drug-likeness (QED) is 0.663. The van der Waals surface area contributed by atoms with E-state index in [4.69, 9.17) is 16.0 Å². The Labute approximate surface area is 117 Å². The molecule has 1 N–H and O–H groups in total. The Kier molecular flexibility index (Phi) is 4.63. The third kappa shape index (κ3) is 3.86. The van der Waals surface area contributed by atoms with Crippen LogP contribution in [0.4, 0.5) is 0 Å². The van der Waals surface area contributed by atoms with Crippen molar-refractivity contribution < 1.29 is 9.21 Å². The number of carbonyl (C=O) groups is 1. The van der Waals surface area contributed by atoms with Crippen molar-refractivity contribution in [2.24, 2.45) is 0 Å². The molecule has 0 aliphatic rings. The predicted molar refractivity (Wildman–Crippen MR) is 78.2 cm³/mol. The molecule has 1 aromatic carbocycles. The number of furan rings is 1. The molecule has 0 spiro atoms. The Morgan fingerprint density at radius 3 is 3.05 bits per heavy atom. The van der Waals surface area contributed by atoms with Crippen LogP contribution in [-0.2, 0) is 4.79 Å². The first-order valence-corrected chi connectivity index (χ1v) is 6.72. The number of fused-ring (bicyclic) bond motifs is 1. The van der Waals surface area contributed by atoms with Gasteiger partial charge in [-0.1, -0.05) is 24.9 Å². The Morgan fingerprint density at radius 2 is 2.26 bits per heavy atom. The highest BCUT2D eigenvalue weighted by Crippen LogP contribution is 2.23. The van der Waals surface area contributed by atoms with Gasteiger partial charge in [-0.05, 0) is 36.8 Å². The van der Waals surface area contributed by atoms with Crippen molar-refractivity contribution in [2.45, 2.75) is 19.8 Å². The third-order valence-electron chi connectivity index (χ3n) is 2.73. The van der Waals surface area contributed by atoms with Crippen LogP contribution in [0.1, 0.15) is 25.5 Å². The van der Waals surface area contributed by atoms with Crippen molar-refractivity contribution in [1.82, 2.24) is 5.32 Å². The summed E-state index contributed by atoms with van der Waals surface area (Å²) in [6.07, 6.45) is 5.20. The van der Waals surface area contributed by atoms with Crippen molar-refractivity contribution >= 4 is 34.6 Å². The molecule has 2 rings (SSSR count). The Bertz CT molecular complexity index is 601. The monoisotopic (exact) mass is 277 g/mol. The zero-order valence-electron chi connectivity index (χ0n) is 10.8. The van der Waals surface area contributed by atoms with Gasteiger partial charge in [0.2, 0.25) is 5.91 Å². The van der Waals surface area contributed by atoms with Crippen LogP contribution in [0.15, 0.2) is 34.8 Å². The summed E-state index contributed by atoms with van der Waals surface area (Å²) in [6, 6.07) is 7.28. The van der Waals surface area contributed by atoms with Crippen molar-refractivity contribution in [3.8, 4) is 0 Å². The molecule has 0 saturated carbocycles. The first-order chi connectivity index (χ1) is 9.19. The maximum Gasteiger partial charge on any atom is 0.244 e. The molecule has 0 aliphatic heterocycles. The molecule has 100 valence electrons. The van der Waals surface area contributed by atoms with Crippen LogP contribution >= 0.6 is 11.6 Å². The van der Waals surface area contributed by atoms with E-state index in [9.17, 15) is 4.79 Å². The van der Waals surface area contributed by atoms with Crippen molar-refractivity contribution in [1.29, 1.82) is 0 Å². The highest BCUT2D eigenvalue weighted by Gasteiger charge is 2.02. The minimum atomic E-state index is -0.105. The summed E-state index contributed by atoms with van der Waals surface area (Å²) in [4.78, 5) is 11.5. The molecule has 1 aromatic heterocycles. The van der Waals surface area contributed by atoms with Crippen molar-refractivity contribution in [3.63, 3.8) is 0 Å². The molecule has 19 heavy (non-hydrogen) atoms. The average molecular weight is 278 g/mol. The van der Waals surface area contributed by atoms with Crippen LogP contribution in [0.3, 0.4) is 0 Å². The van der Waals surface area contributed by atoms with Crippen molar-refractivity contribution in [2.75, 3.05) is 6.54 Å². The van der Waals surface area contributed by atoms with E-state index < -0.39 is 0 Å². The van der Waals surface area contributed by atoms with E-state index in [0.717, 1.165) is 23.8 Å². The Morgan fingerprint density at radius 1 is 1.42 bits per heavy atom. The highest BCUT2D eigenvalue weighted by atomic mass is 35.5. The second kappa shape index (κ2) is 6.43. The number of rotatable bonds is 5. The molecule has 0 radical (unpaired) electrons. The molecule has 0 bridgehead atoms. The van der Waals surface area contributed by atoms with E-state index >= 15 is 0 Å². The molecule has 1 amide bonds. The van der Waals surface area contributed by atoms with E-state index in [2.05, 4.69) is 12.2 Å². The van der Waals surface area contributed by atoms with Gasteiger partial charge in [0, 0.05) is 23.0 Å². The van der Waals surface area contributed by atoms with Gasteiger partial charge in [0.1, 0.15) is 11.3 Å². The number of hydrogen-bond donors (Lipinski definition) is 1. The SMILES string of the molecule is CCCCNC(=O)C=Cc1cc2cc(Cl)ccc2o1. The zero-order chi connectivity index (χ0) is 13.7. The standard InChI is InChI=1S/C15H16ClNO2/c1-2-3-8-17-15(18)7-5-13-10-11-9-12(16)4-6-14(11)19-13/h4-7,9-10H,2-3,8H2,1H3,(H,17,18). The van der Waals surface area contributed by atoms with Gasteiger partial charge in [-0.3, -0.25) is 4.79 Å². The summed E-state index contributed by atoms with van der Waals surface area (Å²) in [7, 11) is 0. The molecular formula is C15H16ClNO2. The van der Waals surface area contributed by atoms with E-state index in [0.29, 0.717) is 17.3 Å². The molecule has 0 aliphatic carbocycles. The molecular weight excluding hydrogens is 262 g/mol. The summed E-state index contributed by atoms with van der Waals surface area (Å²) in [5.41, 5.74) is 0.760. The van der Waals surface area contributed by atoms with Gasteiger partial charge in [0.25, 0.3) is 0 Å². The molecule has 2 aromatic rings. The molecule has 4 heteroatoms. The Balaban J connectivity index is 2.02. The molecule has 1 heterocycles. The van der Waals surface area contributed by atoms with Gasteiger partial charge in [-0.25, -0.2) is 0 Å². The smallest absolute Gasteiger partial charge is 0.244 e. The third-order valence-corrected chi connectivity index (χ3v) is 2.96. The van der Waals surface area contributed by atoms with Gasteiger partial charge >= 0.3 is 0 Å². The van der Waals surface area contributed by atoms with Gasteiger partial charge in [-0.2, -0.15) is 0 Å². The number of unbranched alkanes of at least 4 members (excludes halogenated alkanes) is 1. The van der Waals surface area contributed by atoms with E-state index in [1.54, 1.807) is 12.1 Å². The van der Waals surface area contributed by atoms with Gasteiger partial charge in [-0.15, -0.1) is 0 Å². The minimum Gasteiger partial charge on any atom is -0.457 e. The molecule has 0 unspecified atom stereocenters. The Hall–Kier alpha value is -1.74. The van der Waals surface area contributed by atoms with Crippen LogP contribution in [0, 0.1) is 0 Å². The van der Waals surface area contributed by atoms with Crippen LogP contribution in [0.25, 0.3) is 17.0 Å². The van der Waals surface area contributed by atoms with Crippen LogP contribution < -0.4 is 5.32 Å². The summed E-state index contributed by atoms with van der Waals surface area (Å²) in [6.45, 7) is 2.79. The van der Waals surface area contributed by atoms with E-state index in [1.165, 1.54) is 6.08 Å². The summed E-state index contributed by atoms with van der Waals surface area (Å²) in [5.74, 6) is 0.537. The lowest BCUT2D eigenvalue weighted by Gasteiger charge is -1.98. The van der Waals surface area contributed by atoms with Gasteiger partial charge in [0.15, 0.2) is 0 Å². The number of hydrogen-bond acceptors (Lipinski definition) is 2. The average Bonchev–Trinajstić information content (AvgIpc) is 2.78. The molecule has 3 nitrogen and oxygen atoms in total. The maximum absolute atomic E-state index is 11.5. The number of carbonyl (C=O) groups excluding carboxylic acids is 1. The van der Waals surface area contributed by atoms with E-state index in [1.807, 2.05) is 18.2 Å². The fraction of sp³-hybridized carbons (Fsp3) is 0.267. The number of nitrogens with one attached hydrogen (secondary N) is 1.